The van der Waals surface area contributed by atoms with Crippen molar-refractivity contribution in [2.24, 2.45) is 5.92 Å². The van der Waals surface area contributed by atoms with Crippen molar-refractivity contribution in [3.05, 3.63) is 71.8 Å². The van der Waals surface area contributed by atoms with Crippen LogP contribution in [-0.2, 0) is 15.6 Å². The molecule has 2 aromatic carbocycles. The maximum atomic E-state index is 6.51. The monoisotopic (exact) mass is 356 g/mol. The number of rotatable bonds is 9. The molecule has 2 rings (SSSR count). The summed E-state index contributed by atoms with van der Waals surface area (Å²) in [6.45, 7) is 11.1. The van der Waals surface area contributed by atoms with Crippen molar-refractivity contribution in [3.63, 3.8) is 0 Å². The summed E-state index contributed by atoms with van der Waals surface area (Å²) >= 11 is 0. The fourth-order valence-electron chi connectivity index (χ4n) is 2.91. The van der Waals surface area contributed by atoms with Gasteiger partial charge in [0.05, 0.1) is 6.10 Å². The fraction of sp³-hybridized carbons (Fsp3) is 0.455. The molecular weight excluding hydrogens is 324 g/mol. The van der Waals surface area contributed by atoms with Crippen molar-refractivity contribution < 1.29 is 9.16 Å². The molecule has 3 heteroatoms. The Morgan fingerprint density at radius 1 is 0.840 bits per heavy atom. The van der Waals surface area contributed by atoms with Crippen molar-refractivity contribution in [2.45, 2.75) is 58.7 Å². The molecule has 0 aliphatic heterocycles. The van der Waals surface area contributed by atoms with Gasteiger partial charge >= 0.3 is 0 Å². The maximum absolute atomic E-state index is 6.51. The van der Waals surface area contributed by atoms with Gasteiger partial charge in [-0.2, -0.15) is 0 Å². The van der Waals surface area contributed by atoms with E-state index in [0.717, 1.165) is 12.8 Å². The lowest BCUT2D eigenvalue weighted by atomic mass is 9.99. The van der Waals surface area contributed by atoms with Crippen LogP contribution in [0.15, 0.2) is 60.7 Å². The SMILES string of the molecule is CC(C)[C@@H](OC(CCc1ccccc1)O[Si](C)(C)C)c1ccccc1. The molecule has 0 aromatic heterocycles. The number of aryl methyl sites for hydroxylation is 1. The molecule has 2 aromatic rings. The summed E-state index contributed by atoms with van der Waals surface area (Å²) in [5.41, 5.74) is 2.55. The minimum atomic E-state index is -1.69. The summed E-state index contributed by atoms with van der Waals surface area (Å²) in [6, 6.07) is 21.1. The van der Waals surface area contributed by atoms with E-state index in [1.165, 1.54) is 11.1 Å². The van der Waals surface area contributed by atoms with E-state index in [1.807, 2.05) is 6.07 Å². The van der Waals surface area contributed by atoms with Gasteiger partial charge in [0.2, 0.25) is 0 Å². The van der Waals surface area contributed by atoms with E-state index in [1.54, 1.807) is 0 Å². The summed E-state index contributed by atoms with van der Waals surface area (Å²) in [6.07, 6.45) is 1.73. The molecule has 25 heavy (non-hydrogen) atoms. The zero-order valence-corrected chi connectivity index (χ0v) is 17.2. The molecule has 0 radical (unpaired) electrons. The zero-order valence-electron chi connectivity index (χ0n) is 16.2. The smallest absolute Gasteiger partial charge is 0.187 e. The van der Waals surface area contributed by atoms with Gasteiger partial charge in [0.1, 0.15) is 6.29 Å². The second-order valence-corrected chi connectivity index (χ2v) is 12.4. The highest BCUT2D eigenvalue weighted by Crippen LogP contribution is 2.29. The van der Waals surface area contributed by atoms with E-state index in [4.69, 9.17) is 9.16 Å². The van der Waals surface area contributed by atoms with Gasteiger partial charge in [-0.05, 0) is 43.1 Å². The first kappa shape index (κ1) is 19.9. The number of hydrogen-bond acceptors (Lipinski definition) is 2. The number of benzene rings is 2. The van der Waals surface area contributed by atoms with Gasteiger partial charge in [0.15, 0.2) is 8.32 Å². The molecule has 0 saturated heterocycles. The lowest BCUT2D eigenvalue weighted by molar-refractivity contribution is -0.142. The van der Waals surface area contributed by atoms with Gasteiger partial charge in [0, 0.05) is 6.42 Å². The van der Waals surface area contributed by atoms with Crippen LogP contribution in [0.2, 0.25) is 19.6 Å². The van der Waals surface area contributed by atoms with E-state index >= 15 is 0 Å². The zero-order chi connectivity index (χ0) is 18.3. The third kappa shape index (κ3) is 7.15. The minimum Gasteiger partial charge on any atom is -0.393 e. The third-order valence-corrected chi connectivity index (χ3v) is 5.00. The Kier molecular flexibility index (Phi) is 7.42. The minimum absolute atomic E-state index is 0.0540. The Morgan fingerprint density at radius 2 is 1.40 bits per heavy atom. The molecule has 0 aliphatic rings. The van der Waals surface area contributed by atoms with Crippen LogP contribution in [-0.4, -0.2) is 14.6 Å². The second kappa shape index (κ2) is 9.32. The summed E-state index contributed by atoms with van der Waals surface area (Å²) in [7, 11) is -1.69. The maximum Gasteiger partial charge on any atom is 0.187 e. The average molecular weight is 357 g/mol. The van der Waals surface area contributed by atoms with Gasteiger partial charge in [-0.15, -0.1) is 0 Å². The van der Waals surface area contributed by atoms with Gasteiger partial charge in [-0.25, -0.2) is 0 Å². The Morgan fingerprint density at radius 3 is 1.92 bits per heavy atom. The molecular formula is C22H32O2Si. The van der Waals surface area contributed by atoms with E-state index in [0.29, 0.717) is 5.92 Å². The van der Waals surface area contributed by atoms with Crippen LogP contribution in [0, 0.1) is 5.92 Å². The van der Waals surface area contributed by atoms with E-state index in [2.05, 4.69) is 88.1 Å². The van der Waals surface area contributed by atoms with E-state index in [9.17, 15) is 0 Å². The molecule has 0 bridgehead atoms. The first-order valence-electron chi connectivity index (χ1n) is 9.27. The second-order valence-electron chi connectivity index (χ2n) is 7.90. The molecule has 0 heterocycles. The molecule has 1 unspecified atom stereocenters. The van der Waals surface area contributed by atoms with Crippen LogP contribution in [0.3, 0.4) is 0 Å². The van der Waals surface area contributed by atoms with E-state index < -0.39 is 8.32 Å². The molecule has 2 atom stereocenters. The molecule has 0 amide bonds. The first-order chi connectivity index (χ1) is 11.8. The van der Waals surface area contributed by atoms with Gasteiger partial charge in [0.25, 0.3) is 0 Å². The summed E-state index contributed by atoms with van der Waals surface area (Å²) in [5, 5.41) is 0. The predicted molar refractivity (Wildman–Crippen MR) is 108 cm³/mol. The Balaban J connectivity index is 2.10. The highest BCUT2D eigenvalue weighted by Gasteiger charge is 2.26. The van der Waals surface area contributed by atoms with Crippen molar-refractivity contribution in [3.8, 4) is 0 Å². The highest BCUT2D eigenvalue weighted by atomic mass is 28.4. The topological polar surface area (TPSA) is 18.5 Å². The van der Waals surface area contributed by atoms with Gasteiger partial charge < -0.3 is 9.16 Å². The normalized spacial score (nSPS) is 14.5. The van der Waals surface area contributed by atoms with Gasteiger partial charge in [-0.3, -0.25) is 0 Å². The first-order valence-corrected chi connectivity index (χ1v) is 12.7. The molecule has 0 spiro atoms. The van der Waals surface area contributed by atoms with Crippen molar-refractivity contribution in [2.75, 3.05) is 0 Å². The van der Waals surface area contributed by atoms with Crippen LogP contribution >= 0.6 is 0 Å². The largest absolute Gasteiger partial charge is 0.393 e. The van der Waals surface area contributed by atoms with Crippen molar-refractivity contribution in [1.82, 2.24) is 0 Å². The van der Waals surface area contributed by atoms with Crippen LogP contribution in [0.5, 0.6) is 0 Å². The summed E-state index contributed by atoms with van der Waals surface area (Å²) in [5.74, 6) is 0.395. The summed E-state index contributed by atoms with van der Waals surface area (Å²) in [4.78, 5) is 0. The quantitative estimate of drug-likeness (QED) is 0.393. The highest BCUT2D eigenvalue weighted by molar-refractivity contribution is 6.69. The van der Waals surface area contributed by atoms with Crippen molar-refractivity contribution in [1.29, 1.82) is 0 Å². The molecule has 0 saturated carbocycles. The molecule has 0 aliphatic carbocycles. The average Bonchev–Trinajstić information content (AvgIpc) is 2.57. The number of ether oxygens (including phenoxy) is 1. The fourth-order valence-corrected chi connectivity index (χ4v) is 3.87. The molecule has 0 fully saturated rings. The Hall–Kier alpha value is -1.42. The van der Waals surface area contributed by atoms with E-state index in [-0.39, 0.29) is 12.4 Å². The Labute approximate surface area is 154 Å². The standard InChI is InChI=1S/C22H32O2Si/c1-18(2)22(20-14-10-7-11-15-20)23-21(24-25(3,4)5)17-16-19-12-8-6-9-13-19/h6-15,18,21-22H,16-17H2,1-5H3/t21?,22-/m1/s1. The van der Waals surface area contributed by atoms with Crippen molar-refractivity contribution >= 4 is 8.32 Å². The molecule has 0 N–H and O–H groups in total. The van der Waals surface area contributed by atoms with Gasteiger partial charge in [-0.1, -0.05) is 74.5 Å². The lowest BCUT2D eigenvalue weighted by Crippen LogP contribution is -2.35. The van der Waals surface area contributed by atoms with Crippen LogP contribution in [0.25, 0.3) is 0 Å². The predicted octanol–water partition coefficient (Wildman–Crippen LogP) is 6.21. The lowest BCUT2D eigenvalue weighted by Gasteiger charge is -2.32. The molecule has 136 valence electrons. The Bertz CT molecular complexity index is 605. The third-order valence-electron chi connectivity index (χ3n) is 4.03. The molecule has 2 nitrogen and oxygen atoms in total. The van der Waals surface area contributed by atoms with Crippen LogP contribution in [0.4, 0.5) is 0 Å². The van der Waals surface area contributed by atoms with Crippen LogP contribution in [0.1, 0.15) is 37.5 Å². The number of hydrogen-bond donors (Lipinski definition) is 0. The van der Waals surface area contributed by atoms with Crippen LogP contribution < -0.4 is 0 Å². The summed E-state index contributed by atoms with van der Waals surface area (Å²) < 4.78 is 12.9.